The van der Waals surface area contributed by atoms with Gasteiger partial charge in [0.05, 0.1) is 23.5 Å². The van der Waals surface area contributed by atoms with Crippen molar-refractivity contribution in [2.75, 3.05) is 13.1 Å². The van der Waals surface area contributed by atoms with Crippen LogP contribution in [0.2, 0.25) is 0 Å². The molecule has 0 unspecified atom stereocenters. The first-order valence-corrected chi connectivity index (χ1v) is 13.0. The van der Waals surface area contributed by atoms with E-state index < -0.39 is 6.04 Å². The number of nitriles is 1. The number of H-pyrrole nitrogens is 1. The highest BCUT2D eigenvalue weighted by Crippen LogP contribution is 2.34. The molecule has 9 nitrogen and oxygen atoms in total. The number of nitrogens with zero attached hydrogens (tertiary/aromatic N) is 5. The molecule has 3 aromatic heterocycles. The van der Waals surface area contributed by atoms with Crippen molar-refractivity contribution < 1.29 is 9.59 Å². The fraction of sp³-hybridized carbons (Fsp3) is 0.310. The van der Waals surface area contributed by atoms with Crippen LogP contribution in [0.4, 0.5) is 0 Å². The van der Waals surface area contributed by atoms with Gasteiger partial charge in [0, 0.05) is 31.4 Å². The topological polar surface area (TPSA) is 128 Å². The van der Waals surface area contributed by atoms with Crippen molar-refractivity contribution in [2.45, 2.75) is 31.7 Å². The zero-order chi connectivity index (χ0) is 26.1. The van der Waals surface area contributed by atoms with Gasteiger partial charge in [0.15, 0.2) is 5.65 Å². The summed E-state index contributed by atoms with van der Waals surface area (Å²) < 4.78 is 0. The van der Waals surface area contributed by atoms with Gasteiger partial charge in [-0.3, -0.25) is 14.6 Å². The van der Waals surface area contributed by atoms with Crippen molar-refractivity contribution in [3.05, 3.63) is 66.6 Å². The second-order valence-electron chi connectivity index (χ2n) is 9.97. The van der Waals surface area contributed by atoms with E-state index in [9.17, 15) is 9.59 Å². The fourth-order valence-electron chi connectivity index (χ4n) is 5.02. The summed E-state index contributed by atoms with van der Waals surface area (Å²) in [5.41, 5.74) is 4.55. The van der Waals surface area contributed by atoms with Crippen LogP contribution in [0.25, 0.3) is 33.7 Å². The number of likely N-dealkylation sites (tertiary alicyclic amines) is 1. The average Bonchev–Trinajstić information content (AvgIpc) is 3.73. The van der Waals surface area contributed by atoms with E-state index in [2.05, 4.69) is 26.3 Å². The zero-order valence-electron chi connectivity index (χ0n) is 20.8. The third kappa shape index (κ3) is 4.73. The van der Waals surface area contributed by atoms with Crippen LogP contribution in [0.1, 0.15) is 36.0 Å². The number of amides is 2. The van der Waals surface area contributed by atoms with E-state index >= 15 is 0 Å². The minimum atomic E-state index is -0.577. The Balaban J connectivity index is 1.24. The molecule has 1 aliphatic carbocycles. The Hall–Kier alpha value is -4.58. The monoisotopic (exact) mass is 505 g/mol. The highest BCUT2D eigenvalue weighted by atomic mass is 16.2. The number of fused-ring (bicyclic) bond motifs is 1. The number of rotatable bonds is 6. The van der Waals surface area contributed by atoms with Crippen molar-refractivity contribution in [1.29, 1.82) is 5.26 Å². The lowest BCUT2D eigenvalue weighted by molar-refractivity contribution is -0.135. The van der Waals surface area contributed by atoms with Crippen LogP contribution in [-0.2, 0) is 4.79 Å². The average molecular weight is 506 g/mol. The van der Waals surface area contributed by atoms with Crippen molar-refractivity contribution >= 4 is 23.0 Å². The molecule has 1 aliphatic heterocycles. The fourth-order valence-corrected chi connectivity index (χ4v) is 5.02. The Morgan fingerprint density at radius 2 is 1.82 bits per heavy atom. The Morgan fingerprint density at radius 1 is 1.03 bits per heavy atom. The van der Waals surface area contributed by atoms with E-state index in [4.69, 9.17) is 10.2 Å². The van der Waals surface area contributed by atoms with E-state index in [0.717, 1.165) is 24.0 Å². The maximum atomic E-state index is 13.4. The summed E-state index contributed by atoms with van der Waals surface area (Å²) in [5, 5.41) is 12.2. The van der Waals surface area contributed by atoms with Gasteiger partial charge in [-0.05, 0) is 54.9 Å². The van der Waals surface area contributed by atoms with Crippen LogP contribution in [0.5, 0.6) is 0 Å². The van der Waals surface area contributed by atoms with Gasteiger partial charge in [-0.2, -0.15) is 5.26 Å². The Kier molecular flexibility index (Phi) is 6.30. The Labute approximate surface area is 219 Å². The van der Waals surface area contributed by atoms with E-state index in [1.54, 1.807) is 23.5 Å². The number of pyridine rings is 1. The summed E-state index contributed by atoms with van der Waals surface area (Å²) in [5.74, 6) is -0.288. The van der Waals surface area contributed by atoms with E-state index in [-0.39, 0.29) is 23.7 Å². The third-order valence-corrected chi connectivity index (χ3v) is 7.39. The van der Waals surface area contributed by atoms with Gasteiger partial charge in [-0.1, -0.05) is 30.3 Å². The molecule has 1 saturated carbocycles. The zero-order valence-corrected chi connectivity index (χ0v) is 20.8. The Bertz CT molecular complexity index is 1530. The largest absolute Gasteiger partial charge is 0.344 e. The van der Waals surface area contributed by atoms with Gasteiger partial charge < -0.3 is 15.2 Å². The maximum absolute atomic E-state index is 13.4. The lowest BCUT2D eigenvalue weighted by Gasteiger charge is -2.32. The molecule has 6 rings (SSSR count). The number of aromatic amines is 1. The van der Waals surface area contributed by atoms with Crippen LogP contribution in [0.15, 0.2) is 61.1 Å². The van der Waals surface area contributed by atoms with Gasteiger partial charge in [0.2, 0.25) is 5.91 Å². The lowest BCUT2D eigenvalue weighted by atomic mass is 9.97. The highest BCUT2D eigenvalue weighted by Gasteiger charge is 2.40. The molecule has 190 valence electrons. The first-order chi connectivity index (χ1) is 18.6. The Morgan fingerprint density at radius 3 is 2.55 bits per heavy atom. The first kappa shape index (κ1) is 23.8. The highest BCUT2D eigenvalue weighted by molar-refractivity contribution is 6.06. The normalized spacial score (nSPS) is 16.7. The quantitative estimate of drug-likeness (QED) is 0.408. The van der Waals surface area contributed by atoms with Gasteiger partial charge >= 0.3 is 0 Å². The molecule has 0 spiro atoms. The van der Waals surface area contributed by atoms with Crippen LogP contribution in [-0.4, -0.2) is 55.8 Å². The molecule has 9 heteroatoms. The molecule has 2 fully saturated rings. The number of benzene rings is 1. The SMILES string of the molecule is N#CC1CCN(C(=O)[C@H](NC(=O)c2c[nH]c3ncc(-c4cc(-c5ccccc5)ccn4)nc23)C2CC2)CC1. The molecule has 4 heterocycles. The number of hydrogen-bond acceptors (Lipinski definition) is 6. The molecule has 1 atom stereocenters. The molecule has 38 heavy (non-hydrogen) atoms. The molecule has 2 N–H and O–H groups in total. The minimum absolute atomic E-state index is 0.00474. The van der Waals surface area contributed by atoms with Crippen molar-refractivity contribution in [3.8, 4) is 28.6 Å². The predicted molar refractivity (Wildman–Crippen MR) is 141 cm³/mol. The van der Waals surface area contributed by atoms with Crippen molar-refractivity contribution in [1.82, 2.24) is 30.2 Å². The molecule has 1 saturated heterocycles. The maximum Gasteiger partial charge on any atom is 0.255 e. The summed E-state index contributed by atoms with van der Waals surface area (Å²) in [6.45, 7) is 1.10. The molecular weight excluding hydrogens is 478 g/mol. The summed E-state index contributed by atoms with van der Waals surface area (Å²) in [6.07, 6.45) is 8.13. The number of piperidine rings is 1. The smallest absolute Gasteiger partial charge is 0.255 e. The molecule has 2 amide bonds. The second kappa shape index (κ2) is 10.1. The number of carbonyl (C=O) groups is 2. The number of aromatic nitrogens is 4. The first-order valence-electron chi connectivity index (χ1n) is 13.0. The van der Waals surface area contributed by atoms with Gasteiger partial charge in [0.25, 0.3) is 5.91 Å². The van der Waals surface area contributed by atoms with E-state index in [1.807, 2.05) is 42.5 Å². The molecular formula is C29H27N7O2. The molecule has 1 aromatic carbocycles. The van der Waals surface area contributed by atoms with Crippen LogP contribution >= 0.6 is 0 Å². The van der Waals surface area contributed by atoms with Gasteiger partial charge in [-0.15, -0.1) is 0 Å². The summed E-state index contributed by atoms with van der Waals surface area (Å²) >= 11 is 0. The third-order valence-electron chi connectivity index (χ3n) is 7.39. The van der Waals surface area contributed by atoms with E-state index in [0.29, 0.717) is 54.0 Å². The van der Waals surface area contributed by atoms with Crippen molar-refractivity contribution in [2.24, 2.45) is 11.8 Å². The van der Waals surface area contributed by atoms with Crippen LogP contribution in [0.3, 0.4) is 0 Å². The van der Waals surface area contributed by atoms with Crippen molar-refractivity contribution in [3.63, 3.8) is 0 Å². The van der Waals surface area contributed by atoms with Crippen LogP contribution in [0, 0.1) is 23.2 Å². The minimum Gasteiger partial charge on any atom is -0.344 e. The summed E-state index contributed by atoms with van der Waals surface area (Å²) in [4.78, 5) is 45.2. The molecule has 2 aliphatic rings. The summed E-state index contributed by atoms with van der Waals surface area (Å²) in [7, 11) is 0. The number of nitrogens with one attached hydrogen (secondary N) is 2. The predicted octanol–water partition coefficient (Wildman–Crippen LogP) is 3.96. The molecule has 0 radical (unpaired) electrons. The lowest BCUT2D eigenvalue weighted by Crippen LogP contribution is -2.51. The number of carbonyl (C=O) groups excluding carboxylic acids is 2. The van der Waals surface area contributed by atoms with Gasteiger partial charge in [0.1, 0.15) is 17.3 Å². The van der Waals surface area contributed by atoms with Crippen LogP contribution < -0.4 is 5.32 Å². The van der Waals surface area contributed by atoms with Gasteiger partial charge in [-0.25, -0.2) is 9.97 Å². The number of hydrogen-bond donors (Lipinski definition) is 2. The standard InChI is InChI=1S/C29H27N7O2/c30-15-18-9-12-36(13-10-18)29(38)25(20-6-7-20)35-28(37)22-16-32-27-26(22)34-24(17-33-27)23-14-21(8-11-31-23)19-4-2-1-3-5-19/h1-5,8,11,14,16-18,20,25H,6-7,9-10,12-13H2,(H,32,33)(H,35,37)/t25-/m1/s1. The van der Waals surface area contributed by atoms with E-state index in [1.165, 1.54) is 0 Å². The summed E-state index contributed by atoms with van der Waals surface area (Å²) in [6, 6.07) is 15.6. The molecule has 0 bridgehead atoms. The molecule has 4 aromatic rings. The second-order valence-corrected chi connectivity index (χ2v) is 9.97.